The molecule has 586 valence electrons. The van der Waals surface area contributed by atoms with Crippen molar-refractivity contribution in [2.75, 3.05) is 39.6 Å². The van der Waals surface area contributed by atoms with E-state index in [0.717, 1.165) is 122 Å². The molecule has 0 saturated heterocycles. The quantitative estimate of drug-likeness (QED) is 0.0169. The molecule has 0 fully saturated rings. The summed E-state index contributed by atoms with van der Waals surface area (Å²) in [6.07, 6.45) is 72.5. The summed E-state index contributed by atoms with van der Waals surface area (Å²) < 4.78 is 68.5. The molecule has 2 unspecified atom stereocenters. The van der Waals surface area contributed by atoms with E-state index in [2.05, 4.69) is 76.3 Å². The second-order valence-corrected chi connectivity index (χ2v) is 30.7. The maximum Gasteiger partial charge on any atom is 0.472 e. The summed E-state index contributed by atoms with van der Waals surface area (Å²) in [5.41, 5.74) is 0. The first-order chi connectivity index (χ1) is 48.7. The van der Waals surface area contributed by atoms with E-state index in [1.807, 2.05) is 0 Å². The summed E-state index contributed by atoms with van der Waals surface area (Å²) in [4.78, 5) is 72.9. The molecular weight excluding hydrogens is 1310 g/mol. The Labute approximate surface area is 610 Å². The van der Waals surface area contributed by atoms with E-state index in [1.54, 1.807) is 0 Å². The Balaban J connectivity index is 5.26. The van der Waals surface area contributed by atoms with Crippen molar-refractivity contribution in [1.82, 2.24) is 0 Å². The molecule has 0 heterocycles. The van der Waals surface area contributed by atoms with Crippen LogP contribution in [-0.2, 0) is 65.4 Å². The Morgan fingerprint density at radius 2 is 0.480 bits per heavy atom. The molecule has 0 bridgehead atoms. The van der Waals surface area contributed by atoms with E-state index in [4.69, 9.17) is 37.0 Å². The Morgan fingerprint density at radius 3 is 0.730 bits per heavy atom. The Kier molecular flexibility index (Phi) is 72.1. The lowest BCUT2D eigenvalue weighted by atomic mass is 10.0. The standard InChI is InChI=1S/C81H150O17P2/c1-5-9-13-17-21-25-28-31-34-35-36-37-38-39-42-45-48-52-56-60-64-68-81(86)98-77(72-92-79(84)66-62-58-54-50-46-43-40-32-29-26-22-18-14-10-6-2)74-96-100(89,90)94-70-75(82)69-93-99(87,88)95-73-76(71-91-78(83)65-61-57-53-49-24-20-16-12-8-4)97-80(85)67-63-59-55-51-47-44-41-33-30-27-23-19-15-11-7-3/h26-27,29-30,32-33,40-41,75-77,82H,5-25,28,31,34-39,42-74H2,1-4H3,(H,87,88)(H,89,90)/b29-26-,30-27-,40-32-,41-33-/t75-,76+,77+/m0/s1. The zero-order chi connectivity index (χ0) is 73.2. The van der Waals surface area contributed by atoms with Gasteiger partial charge in [-0.05, 0) is 77.0 Å². The van der Waals surface area contributed by atoms with Crippen molar-refractivity contribution in [2.24, 2.45) is 0 Å². The lowest BCUT2D eigenvalue weighted by Crippen LogP contribution is -2.30. The van der Waals surface area contributed by atoms with Crippen molar-refractivity contribution in [3.8, 4) is 0 Å². The number of unbranched alkanes of at least 4 members (excludes halogenated alkanes) is 46. The average molecular weight is 1460 g/mol. The normalized spacial score (nSPS) is 14.1. The number of esters is 4. The van der Waals surface area contributed by atoms with Crippen molar-refractivity contribution >= 4 is 39.5 Å². The van der Waals surface area contributed by atoms with Gasteiger partial charge in [-0.2, -0.15) is 0 Å². The van der Waals surface area contributed by atoms with E-state index < -0.39 is 97.5 Å². The zero-order valence-corrected chi connectivity index (χ0v) is 65.9. The van der Waals surface area contributed by atoms with Crippen molar-refractivity contribution in [3.05, 3.63) is 48.6 Å². The van der Waals surface area contributed by atoms with Crippen LogP contribution in [0.4, 0.5) is 0 Å². The highest BCUT2D eigenvalue weighted by Gasteiger charge is 2.30. The largest absolute Gasteiger partial charge is 0.472 e. The SMILES string of the molecule is CCCCCC/C=C\C=C/CCCCCCCC(=O)OC[C@H](COP(=O)(O)OC[C@@H](O)COP(=O)(O)OC[C@@H](COC(=O)CCCCCCCCCCC)OC(=O)CCCCCCC/C=C\C=C/CCCCCC)OC(=O)CCCCCCCCCCCCCCCCCCCCCCC. The summed E-state index contributed by atoms with van der Waals surface area (Å²) in [7, 11) is -9.94. The van der Waals surface area contributed by atoms with Crippen molar-refractivity contribution in [2.45, 2.75) is 406 Å². The highest BCUT2D eigenvalue weighted by atomic mass is 31.2. The fourth-order valence-electron chi connectivity index (χ4n) is 11.6. The van der Waals surface area contributed by atoms with Gasteiger partial charge in [0.15, 0.2) is 12.2 Å². The number of phosphoric acid groups is 2. The summed E-state index contributed by atoms with van der Waals surface area (Å²) in [5, 5.41) is 10.6. The summed E-state index contributed by atoms with van der Waals surface area (Å²) in [6.45, 7) is 4.87. The molecule has 5 atom stereocenters. The van der Waals surface area contributed by atoms with Crippen LogP contribution in [0.15, 0.2) is 48.6 Å². The molecule has 19 heteroatoms. The fourth-order valence-corrected chi connectivity index (χ4v) is 13.1. The smallest absolute Gasteiger partial charge is 0.462 e. The van der Waals surface area contributed by atoms with Crippen LogP contribution in [0.1, 0.15) is 387 Å². The van der Waals surface area contributed by atoms with Gasteiger partial charge in [-0.15, -0.1) is 0 Å². The minimum atomic E-state index is -4.97. The van der Waals surface area contributed by atoms with Crippen LogP contribution in [0.25, 0.3) is 0 Å². The van der Waals surface area contributed by atoms with Crippen LogP contribution < -0.4 is 0 Å². The highest BCUT2D eigenvalue weighted by Crippen LogP contribution is 2.45. The predicted molar refractivity (Wildman–Crippen MR) is 409 cm³/mol. The van der Waals surface area contributed by atoms with Crippen molar-refractivity contribution in [3.63, 3.8) is 0 Å². The van der Waals surface area contributed by atoms with E-state index in [0.29, 0.717) is 25.7 Å². The minimum absolute atomic E-state index is 0.0832. The molecule has 0 aromatic rings. The van der Waals surface area contributed by atoms with Gasteiger partial charge in [0, 0.05) is 25.7 Å². The maximum absolute atomic E-state index is 13.1. The van der Waals surface area contributed by atoms with Crippen LogP contribution in [0.2, 0.25) is 0 Å². The zero-order valence-electron chi connectivity index (χ0n) is 64.1. The van der Waals surface area contributed by atoms with E-state index >= 15 is 0 Å². The van der Waals surface area contributed by atoms with Gasteiger partial charge in [0.1, 0.15) is 19.3 Å². The van der Waals surface area contributed by atoms with Gasteiger partial charge in [-0.3, -0.25) is 37.3 Å². The van der Waals surface area contributed by atoms with Gasteiger partial charge >= 0.3 is 39.5 Å². The third kappa shape index (κ3) is 73.3. The van der Waals surface area contributed by atoms with Gasteiger partial charge in [-0.1, -0.05) is 333 Å². The molecule has 0 aliphatic carbocycles. The van der Waals surface area contributed by atoms with Gasteiger partial charge in [-0.25, -0.2) is 9.13 Å². The Bertz CT molecular complexity index is 2080. The number of aliphatic hydroxyl groups excluding tert-OH is 1. The molecule has 0 aliphatic heterocycles. The number of hydrogen-bond donors (Lipinski definition) is 3. The van der Waals surface area contributed by atoms with Gasteiger partial charge in [0.05, 0.1) is 26.4 Å². The summed E-state index contributed by atoms with van der Waals surface area (Å²) in [6, 6.07) is 0. The Hall–Kier alpha value is -2.98. The third-order valence-electron chi connectivity index (χ3n) is 17.9. The third-order valence-corrected chi connectivity index (χ3v) is 19.8. The van der Waals surface area contributed by atoms with Crippen LogP contribution in [-0.4, -0.2) is 96.7 Å². The molecule has 100 heavy (non-hydrogen) atoms. The second kappa shape index (κ2) is 74.3. The van der Waals surface area contributed by atoms with Gasteiger partial charge in [0.2, 0.25) is 0 Å². The monoisotopic (exact) mass is 1460 g/mol. The molecule has 0 radical (unpaired) electrons. The van der Waals surface area contributed by atoms with Crippen molar-refractivity contribution in [1.29, 1.82) is 0 Å². The molecule has 0 rings (SSSR count). The predicted octanol–water partition coefficient (Wildman–Crippen LogP) is 23.7. The van der Waals surface area contributed by atoms with Crippen molar-refractivity contribution < 1.29 is 80.2 Å². The highest BCUT2D eigenvalue weighted by molar-refractivity contribution is 7.47. The van der Waals surface area contributed by atoms with Crippen LogP contribution in [0.3, 0.4) is 0 Å². The number of phosphoric ester groups is 2. The summed E-state index contributed by atoms with van der Waals surface area (Å²) in [5.74, 6) is -2.17. The molecule has 0 aromatic carbocycles. The first-order valence-corrected chi connectivity index (χ1v) is 43.9. The van der Waals surface area contributed by atoms with Gasteiger partial charge in [0.25, 0.3) is 0 Å². The van der Waals surface area contributed by atoms with Crippen LogP contribution in [0.5, 0.6) is 0 Å². The maximum atomic E-state index is 13.1. The number of carbonyl (C=O) groups excluding carboxylic acids is 4. The second-order valence-electron chi connectivity index (χ2n) is 27.8. The minimum Gasteiger partial charge on any atom is -0.462 e. The van der Waals surface area contributed by atoms with Crippen LogP contribution >= 0.6 is 15.6 Å². The Morgan fingerprint density at radius 1 is 0.280 bits per heavy atom. The molecule has 0 saturated carbocycles. The average Bonchev–Trinajstić information content (AvgIpc) is 0.964. The first-order valence-electron chi connectivity index (χ1n) is 40.9. The number of allylic oxidation sites excluding steroid dienone is 8. The van der Waals surface area contributed by atoms with E-state index in [1.165, 1.54) is 186 Å². The molecule has 0 aliphatic rings. The first kappa shape index (κ1) is 97.0. The molecular formula is C81H150O17P2. The lowest BCUT2D eigenvalue weighted by molar-refractivity contribution is -0.161. The number of ether oxygens (including phenoxy) is 4. The molecule has 3 N–H and O–H groups in total. The topological polar surface area (TPSA) is 237 Å². The molecule has 0 aromatic heterocycles. The number of rotatable bonds is 78. The van der Waals surface area contributed by atoms with E-state index in [-0.39, 0.29) is 25.7 Å². The summed E-state index contributed by atoms with van der Waals surface area (Å²) >= 11 is 0. The number of carbonyl (C=O) groups is 4. The molecule has 0 amide bonds. The number of aliphatic hydroxyl groups is 1. The van der Waals surface area contributed by atoms with Crippen LogP contribution in [0, 0.1) is 0 Å². The molecule has 0 spiro atoms. The van der Waals surface area contributed by atoms with E-state index in [9.17, 15) is 43.2 Å². The molecule has 17 nitrogen and oxygen atoms in total. The van der Waals surface area contributed by atoms with Gasteiger partial charge < -0.3 is 33.8 Å². The number of hydrogen-bond acceptors (Lipinski definition) is 15. The lowest BCUT2D eigenvalue weighted by Gasteiger charge is -2.21. The fraction of sp³-hybridized carbons (Fsp3) is 0.852.